The molecule has 0 radical (unpaired) electrons. The molecule has 2 aromatic carbocycles. The molecule has 3 rings (SSSR count). The molecule has 0 aliphatic carbocycles. The maximum Gasteiger partial charge on any atom is 0.336 e. The number of carboxylic acid groups (broad SMARTS) is 1. The molecule has 0 spiro atoms. The van der Waals surface area contributed by atoms with E-state index in [-0.39, 0.29) is 5.56 Å². The molecule has 0 amide bonds. The monoisotopic (exact) mass is 347 g/mol. The van der Waals surface area contributed by atoms with Crippen LogP contribution in [0.2, 0.25) is 0 Å². The van der Waals surface area contributed by atoms with Crippen LogP contribution in [0.15, 0.2) is 53.1 Å². The number of carboxylic acids is 1. The first kappa shape index (κ1) is 13.8. The molecule has 0 aliphatic heterocycles. The van der Waals surface area contributed by atoms with Crippen LogP contribution in [0.4, 0.5) is 4.39 Å². The Labute approximate surface area is 128 Å². The van der Waals surface area contributed by atoms with Gasteiger partial charge in [-0.3, -0.25) is 0 Å². The molecule has 0 bridgehead atoms. The van der Waals surface area contributed by atoms with Crippen LogP contribution in [0.3, 0.4) is 0 Å². The van der Waals surface area contributed by atoms with Crippen LogP contribution < -0.4 is 0 Å². The predicted octanol–water partition coefficient (Wildman–Crippen LogP) is 4.29. The molecule has 0 unspecified atom stereocenters. The van der Waals surface area contributed by atoms with Crippen molar-refractivity contribution in [1.82, 2.24) is 4.57 Å². The Morgan fingerprint density at radius 3 is 2.76 bits per heavy atom. The maximum atomic E-state index is 13.2. The van der Waals surface area contributed by atoms with E-state index < -0.39 is 11.8 Å². The van der Waals surface area contributed by atoms with Crippen LogP contribution in [-0.2, 0) is 6.54 Å². The lowest BCUT2D eigenvalue weighted by atomic mass is 10.1. The highest BCUT2D eigenvalue weighted by Crippen LogP contribution is 2.27. The van der Waals surface area contributed by atoms with Crippen LogP contribution in [0, 0.1) is 5.82 Å². The Balaban J connectivity index is 2.09. The molecule has 0 saturated heterocycles. The Bertz CT molecular complexity index is 841. The van der Waals surface area contributed by atoms with Gasteiger partial charge >= 0.3 is 5.97 Å². The molecule has 106 valence electrons. The zero-order chi connectivity index (χ0) is 15.0. The summed E-state index contributed by atoms with van der Waals surface area (Å²) in [5.41, 5.74) is 1.55. The van der Waals surface area contributed by atoms with Crippen molar-refractivity contribution in [2.24, 2.45) is 0 Å². The van der Waals surface area contributed by atoms with E-state index in [2.05, 4.69) is 15.9 Å². The SMILES string of the molecule is O=C(O)c1cc(F)ccc1Cn1cc(Br)c2ccccc21. The fourth-order valence-corrected chi connectivity index (χ4v) is 2.98. The first-order chi connectivity index (χ1) is 10.1. The summed E-state index contributed by atoms with van der Waals surface area (Å²) in [4.78, 5) is 11.2. The first-order valence-corrected chi connectivity index (χ1v) is 7.10. The molecule has 3 aromatic rings. The standard InChI is InChI=1S/C16H11BrFNO2/c17-14-9-19(15-4-2-1-3-12(14)15)8-10-5-6-11(18)7-13(10)16(20)21/h1-7,9H,8H2,(H,20,21). The second kappa shape index (κ2) is 5.33. The predicted molar refractivity (Wildman–Crippen MR) is 82.1 cm³/mol. The lowest BCUT2D eigenvalue weighted by Gasteiger charge is -2.09. The van der Waals surface area contributed by atoms with Gasteiger partial charge in [0.25, 0.3) is 0 Å². The fraction of sp³-hybridized carbons (Fsp3) is 0.0625. The average molecular weight is 348 g/mol. The first-order valence-electron chi connectivity index (χ1n) is 6.31. The molecule has 1 aromatic heterocycles. The molecule has 0 fully saturated rings. The van der Waals surface area contributed by atoms with Crippen molar-refractivity contribution in [2.75, 3.05) is 0 Å². The average Bonchev–Trinajstić information content (AvgIpc) is 2.78. The number of hydrogen-bond donors (Lipinski definition) is 1. The summed E-state index contributed by atoms with van der Waals surface area (Å²) in [6, 6.07) is 11.7. The third-order valence-corrected chi connectivity index (χ3v) is 4.01. The lowest BCUT2D eigenvalue weighted by Crippen LogP contribution is -2.07. The second-order valence-electron chi connectivity index (χ2n) is 4.73. The molecule has 21 heavy (non-hydrogen) atoms. The Hall–Kier alpha value is -2.14. The van der Waals surface area contributed by atoms with Gasteiger partial charge in [-0.1, -0.05) is 24.3 Å². The number of nitrogens with zero attached hydrogens (tertiary/aromatic N) is 1. The number of benzene rings is 2. The van der Waals surface area contributed by atoms with Crippen molar-refractivity contribution in [2.45, 2.75) is 6.54 Å². The van der Waals surface area contributed by atoms with Gasteiger partial charge < -0.3 is 9.67 Å². The van der Waals surface area contributed by atoms with Gasteiger partial charge in [0, 0.05) is 28.1 Å². The number of aromatic nitrogens is 1. The summed E-state index contributed by atoms with van der Waals surface area (Å²) in [6.45, 7) is 0.369. The van der Waals surface area contributed by atoms with Gasteiger partial charge in [-0.05, 0) is 39.7 Å². The summed E-state index contributed by atoms with van der Waals surface area (Å²) in [5.74, 6) is -1.67. The van der Waals surface area contributed by atoms with E-state index in [9.17, 15) is 14.3 Å². The van der Waals surface area contributed by atoms with E-state index in [1.165, 1.54) is 12.1 Å². The zero-order valence-electron chi connectivity index (χ0n) is 10.9. The molecular weight excluding hydrogens is 337 g/mol. The van der Waals surface area contributed by atoms with Gasteiger partial charge in [-0.25, -0.2) is 9.18 Å². The minimum atomic E-state index is -1.12. The molecule has 0 atom stereocenters. The molecule has 0 aliphatic rings. The van der Waals surface area contributed by atoms with Gasteiger partial charge in [0.2, 0.25) is 0 Å². The normalized spacial score (nSPS) is 11.0. The second-order valence-corrected chi connectivity index (χ2v) is 5.58. The minimum absolute atomic E-state index is 0.0103. The molecule has 1 heterocycles. The number of halogens is 2. The third kappa shape index (κ3) is 2.56. The van der Waals surface area contributed by atoms with Gasteiger partial charge in [-0.15, -0.1) is 0 Å². The topological polar surface area (TPSA) is 42.2 Å². The molecular formula is C16H11BrFNO2. The van der Waals surface area contributed by atoms with Crippen molar-refractivity contribution >= 4 is 32.8 Å². The molecule has 5 heteroatoms. The molecule has 0 saturated carbocycles. The van der Waals surface area contributed by atoms with Crippen molar-refractivity contribution in [3.63, 3.8) is 0 Å². The van der Waals surface area contributed by atoms with Crippen molar-refractivity contribution in [1.29, 1.82) is 0 Å². The maximum absolute atomic E-state index is 13.2. The van der Waals surface area contributed by atoms with Crippen LogP contribution in [0.5, 0.6) is 0 Å². The van der Waals surface area contributed by atoms with Crippen LogP contribution >= 0.6 is 15.9 Å². The summed E-state index contributed by atoms with van der Waals surface area (Å²) < 4.78 is 16.1. The number of fused-ring (bicyclic) bond motifs is 1. The number of aromatic carboxylic acids is 1. The van der Waals surface area contributed by atoms with Gasteiger partial charge in [0.05, 0.1) is 5.56 Å². The summed E-state index contributed by atoms with van der Waals surface area (Å²) in [7, 11) is 0. The quantitative estimate of drug-likeness (QED) is 0.767. The van der Waals surface area contributed by atoms with Crippen molar-refractivity contribution in [3.05, 3.63) is 70.1 Å². The van der Waals surface area contributed by atoms with Gasteiger partial charge in [0.15, 0.2) is 0 Å². The van der Waals surface area contributed by atoms with Crippen LogP contribution in [0.25, 0.3) is 10.9 Å². The number of rotatable bonds is 3. The van der Waals surface area contributed by atoms with Crippen molar-refractivity contribution < 1.29 is 14.3 Å². The molecule has 1 N–H and O–H groups in total. The zero-order valence-corrected chi connectivity index (χ0v) is 12.5. The van der Waals surface area contributed by atoms with E-state index in [1.54, 1.807) is 0 Å². The van der Waals surface area contributed by atoms with Gasteiger partial charge in [0.1, 0.15) is 5.82 Å². The van der Waals surface area contributed by atoms with Crippen molar-refractivity contribution in [3.8, 4) is 0 Å². The van der Waals surface area contributed by atoms with E-state index in [0.29, 0.717) is 12.1 Å². The highest BCUT2D eigenvalue weighted by atomic mass is 79.9. The third-order valence-electron chi connectivity index (χ3n) is 3.38. The van der Waals surface area contributed by atoms with E-state index in [1.807, 2.05) is 35.0 Å². The highest BCUT2D eigenvalue weighted by molar-refractivity contribution is 9.10. The van der Waals surface area contributed by atoms with Crippen LogP contribution in [0.1, 0.15) is 15.9 Å². The van der Waals surface area contributed by atoms with Gasteiger partial charge in [-0.2, -0.15) is 0 Å². The van der Waals surface area contributed by atoms with E-state index in [4.69, 9.17) is 0 Å². The van der Waals surface area contributed by atoms with E-state index >= 15 is 0 Å². The summed E-state index contributed by atoms with van der Waals surface area (Å²) in [6.07, 6.45) is 1.90. The molecule has 3 nitrogen and oxygen atoms in total. The lowest BCUT2D eigenvalue weighted by molar-refractivity contribution is 0.0695. The highest BCUT2D eigenvalue weighted by Gasteiger charge is 2.13. The summed E-state index contributed by atoms with van der Waals surface area (Å²) in [5, 5.41) is 10.3. The number of para-hydroxylation sites is 1. The Morgan fingerprint density at radius 2 is 2.00 bits per heavy atom. The van der Waals surface area contributed by atoms with Crippen LogP contribution in [-0.4, -0.2) is 15.6 Å². The number of hydrogen-bond acceptors (Lipinski definition) is 1. The van der Waals surface area contributed by atoms with E-state index in [0.717, 1.165) is 21.4 Å². The summed E-state index contributed by atoms with van der Waals surface area (Å²) >= 11 is 3.49. The number of carbonyl (C=O) groups is 1. The smallest absolute Gasteiger partial charge is 0.336 e. The largest absolute Gasteiger partial charge is 0.478 e. The Kier molecular flexibility index (Phi) is 3.51. The minimum Gasteiger partial charge on any atom is -0.478 e. The Morgan fingerprint density at radius 1 is 1.24 bits per heavy atom. The fourth-order valence-electron chi connectivity index (χ4n) is 2.40.